The number of nitrogens with zero attached hydrogens (tertiary/aromatic N) is 1. The topological polar surface area (TPSA) is 63.5 Å². The summed E-state index contributed by atoms with van der Waals surface area (Å²) in [6.07, 6.45) is 1.88. The molecule has 0 unspecified atom stereocenters. The number of rotatable bonds is 6. The molecule has 0 aliphatic carbocycles. The first-order chi connectivity index (χ1) is 9.24. The van der Waals surface area contributed by atoms with E-state index in [9.17, 15) is 4.79 Å². The molecule has 1 amide bonds. The number of amides is 1. The molecule has 2 N–H and O–H groups in total. The molecule has 0 saturated heterocycles. The minimum absolute atomic E-state index is 0.00115. The number of carbonyl (C=O) groups excluding carboxylic acids is 1. The number of ether oxygens (including phenoxy) is 1. The van der Waals surface area contributed by atoms with Crippen LogP contribution in [0, 0.1) is 0 Å². The average Bonchev–Trinajstić information content (AvgIpc) is 2.81. The van der Waals surface area contributed by atoms with Gasteiger partial charge in [0.2, 0.25) is 5.91 Å². The lowest BCUT2D eigenvalue weighted by Gasteiger charge is -2.07. The molecule has 0 bridgehead atoms. The number of benzene rings is 1. The van der Waals surface area contributed by atoms with E-state index in [0.717, 1.165) is 16.5 Å². The summed E-state index contributed by atoms with van der Waals surface area (Å²) >= 11 is 0. The first kappa shape index (κ1) is 13.6. The Bertz CT molecular complexity index is 563. The van der Waals surface area contributed by atoms with Gasteiger partial charge in [0, 0.05) is 25.4 Å². The maximum absolute atomic E-state index is 11.7. The van der Waals surface area contributed by atoms with Crippen LogP contribution < -0.4 is 5.32 Å². The number of aliphatic hydroxyl groups excluding tert-OH is 1. The van der Waals surface area contributed by atoms with Crippen LogP contribution in [0.3, 0.4) is 0 Å². The molecule has 5 nitrogen and oxygen atoms in total. The van der Waals surface area contributed by atoms with Crippen molar-refractivity contribution in [2.24, 2.45) is 0 Å². The maximum atomic E-state index is 11.7. The summed E-state index contributed by atoms with van der Waals surface area (Å²) in [6, 6.07) is 7.68. The van der Waals surface area contributed by atoms with Crippen molar-refractivity contribution in [3.63, 3.8) is 0 Å². The normalized spacial score (nSPS) is 10.8. The van der Waals surface area contributed by atoms with E-state index in [1.807, 2.05) is 35.0 Å². The van der Waals surface area contributed by atoms with Gasteiger partial charge < -0.3 is 19.7 Å². The fourth-order valence-corrected chi connectivity index (χ4v) is 1.97. The maximum Gasteiger partial charge on any atom is 0.240 e. The number of hydrogen-bond donors (Lipinski definition) is 2. The molecule has 0 fully saturated rings. The van der Waals surface area contributed by atoms with Crippen LogP contribution in [0.2, 0.25) is 0 Å². The Morgan fingerprint density at radius 2 is 2.26 bits per heavy atom. The third-order valence-corrected chi connectivity index (χ3v) is 2.96. The summed E-state index contributed by atoms with van der Waals surface area (Å²) in [7, 11) is 1.60. The van der Waals surface area contributed by atoms with Crippen molar-refractivity contribution < 1.29 is 14.6 Å². The zero-order valence-electron chi connectivity index (χ0n) is 10.9. The molecule has 0 aliphatic heterocycles. The smallest absolute Gasteiger partial charge is 0.240 e. The highest BCUT2D eigenvalue weighted by Crippen LogP contribution is 2.17. The van der Waals surface area contributed by atoms with E-state index in [-0.39, 0.29) is 19.1 Å². The van der Waals surface area contributed by atoms with Crippen molar-refractivity contribution in [2.75, 3.05) is 20.3 Å². The molecule has 1 aromatic carbocycles. The number of fused-ring (bicyclic) bond motifs is 1. The van der Waals surface area contributed by atoms with Gasteiger partial charge in [-0.05, 0) is 23.1 Å². The molecule has 0 aliphatic rings. The molecule has 1 aromatic heterocycles. The van der Waals surface area contributed by atoms with E-state index in [2.05, 4.69) is 5.32 Å². The summed E-state index contributed by atoms with van der Waals surface area (Å²) in [4.78, 5) is 11.7. The Labute approximate surface area is 111 Å². The predicted molar refractivity (Wildman–Crippen MR) is 72.7 cm³/mol. The Hall–Kier alpha value is -1.85. The van der Waals surface area contributed by atoms with Gasteiger partial charge in [-0.15, -0.1) is 0 Å². The number of nitrogens with one attached hydrogen (secondary N) is 1. The summed E-state index contributed by atoms with van der Waals surface area (Å²) in [6.45, 7) is 1.28. The molecule has 0 saturated carbocycles. The zero-order valence-corrected chi connectivity index (χ0v) is 10.9. The number of methoxy groups -OCH3 is 1. The summed E-state index contributed by atoms with van der Waals surface area (Å²) in [5.74, 6) is -0.0519. The highest BCUT2D eigenvalue weighted by Gasteiger charge is 2.06. The van der Waals surface area contributed by atoms with Gasteiger partial charge in [0.1, 0.15) is 6.54 Å². The van der Waals surface area contributed by atoms with Crippen LogP contribution in [0.25, 0.3) is 10.9 Å². The van der Waals surface area contributed by atoms with Gasteiger partial charge in [-0.1, -0.05) is 12.1 Å². The quantitative estimate of drug-likeness (QED) is 0.760. The Kier molecular flexibility index (Phi) is 4.54. The van der Waals surface area contributed by atoms with E-state index in [4.69, 9.17) is 9.84 Å². The molecule has 0 atom stereocenters. The fraction of sp³-hybridized carbons (Fsp3) is 0.357. The van der Waals surface area contributed by atoms with Gasteiger partial charge in [0.05, 0.1) is 13.2 Å². The zero-order chi connectivity index (χ0) is 13.7. The first-order valence-electron chi connectivity index (χ1n) is 6.19. The van der Waals surface area contributed by atoms with E-state index in [0.29, 0.717) is 13.2 Å². The standard InChI is InChI=1S/C14H18N2O3/c1-19-7-5-15-14(18)9-16-6-4-12-3-2-11(10-17)8-13(12)16/h2-4,6,8,17H,5,7,9-10H2,1H3,(H,15,18). The van der Waals surface area contributed by atoms with Crippen molar-refractivity contribution in [1.82, 2.24) is 9.88 Å². The monoisotopic (exact) mass is 262 g/mol. The predicted octanol–water partition coefficient (Wildman–Crippen LogP) is 0.896. The Morgan fingerprint density at radius 3 is 3.00 bits per heavy atom. The van der Waals surface area contributed by atoms with Gasteiger partial charge in [-0.25, -0.2) is 0 Å². The van der Waals surface area contributed by atoms with Gasteiger partial charge in [0.15, 0.2) is 0 Å². The van der Waals surface area contributed by atoms with Crippen molar-refractivity contribution >= 4 is 16.8 Å². The number of aromatic nitrogens is 1. The highest BCUT2D eigenvalue weighted by molar-refractivity contribution is 5.83. The van der Waals surface area contributed by atoms with E-state index >= 15 is 0 Å². The second-order valence-electron chi connectivity index (χ2n) is 4.34. The second kappa shape index (κ2) is 6.36. The van der Waals surface area contributed by atoms with Crippen molar-refractivity contribution in [2.45, 2.75) is 13.2 Å². The lowest BCUT2D eigenvalue weighted by molar-refractivity contribution is -0.121. The highest BCUT2D eigenvalue weighted by atomic mass is 16.5. The lowest BCUT2D eigenvalue weighted by atomic mass is 10.2. The van der Waals surface area contributed by atoms with E-state index in [1.165, 1.54) is 0 Å². The third kappa shape index (κ3) is 3.33. The van der Waals surface area contributed by atoms with Gasteiger partial charge in [0.25, 0.3) is 0 Å². The van der Waals surface area contributed by atoms with E-state index < -0.39 is 0 Å². The minimum atomic E-state index is -0.0519. The fourth-order valence-electron chi connectivity index (χ4n) is 1.97. The molecule has 19 heavy (non-hydrogen) atoms. The van der Waals surface area contributed by atoms with Crippen molar-refractivity contribution in [3.05, 3.63) is 36.0 Å². The number of aliphatic hydroxyl groups is 1. The molecule has 5 heteroatoms. The molecule has 2 aromatic rings. The molecule has 0 spiro atoms. The van der Waals surface area contributed by atoms with Gasteiger partial charge >= 0.3 is 0 Å². The number of hydrogen-bond acceptors (Lipinski definition) is 3. The minimum Gasteiger partial charge on any atom is -0.392 e. The summed E-state index contributed by atoms with van der Waals surface area (Å²) in [5, 5.41) is 13.0. The van der Waals surface area contributed by atoms with E-state index in [1.54, 1.807) is 7.11 Å². The van der Waals surface area contributed by atoms with Crippen LogP contribution in [0.15, 0.2) is 30.5 Å². The van der Waals surface area contributed by atoms with Crippen LogP contribution in [0.4, 0.5) is 0 Å². The Morgan fingerprint density at radius 1 is 1.42 bits per heavy atom. The summed E-state index contributed by atoms with van der Waals surface area (Å²) < 4.78 is 6.75. The molecule has 102 valence electrons. The van der Waals surface area contributed by atoms with Crippen LogP contribution in [-0.4, -0.2) is 35.8 Å². The van der Waals surface area contributed by atoms with Crippen LogP contribution in [0.5, 0.6) is 0 Å². The average molecular weight is 262 g/mol. The molecular formula is C14H18N2O3. The molecule has 1 heterocycles. The van der Waals surface area contributed by atoms with Crippen LogP contribution >= 0.6 is 0 Å². The Balaban J connectivity index is 2.09. The SMILES string of the molecule is COCCNC(=O)Cn1ccc2ccc(CO)cc21. The molecule has 0 radical (unpaired) electrons. The number of carbonyl (C=O) groups is 1. The van der Waals surface area contributed by atoms with Gasteiger partial charge in [-0.3, -0.25) is 4.79 Å². The van der Waals surface area contributed by atoms with Crippen molar-refractivity contribution in [1.29, 1.82) is 0 Å². The molecule has 2 rings (SSSR count). The molecular weight excluding hydrogens is 244 g/mol. The van der Waals surface area contributed by atoms with Gasteiger partial charge in [-0.2, -0.15) is 0 Å². The second-order valence-corrected chi connectivity index (χ2v) is 4.34. The first-order valence-corrected chi connectivity index (χ1v) is 6.19. The van der Waals surface area contributed by atoms with Crippen LogP contribution in [-0.2, 0) is 22.7 Å². The van der Waals surface area contributed by atoms with Crippen LogP contribution in [0.1, 0.15) is 5.56 Å². The largest absolute Gasteiger partial charge is 0.392 e. The lowest BCUT2D eigenvalue weighted by Crippen LogP contribution is -2.30. The van der Waals surface area contributed by atoms with Crippen molar-refractivity contribution in [3.8, 4) is 0 Å². The third-order valence-electron chi connectivity index (χ3n) is 2.96. The summed E-state index contributed by atoms with van der Waals surface area (Å²) in [5.41, 5.74) is 1.79.